The number of nitrogens with two attached hydrogens (primary N) is 1. The molecule has 1 fully saturated rings. The molecule has 1 aromatic carbocycles. The molecular weight excluding hydrogens is 257 g/mol. The van der Waals surface area contributed by atoms with Crippen LogP contribution in [-0.4, -0.2) is 48.4 Å². The van der Waals surface area contributed by atoms with Gasteiger partial charge in [0.1, 0.15) is 5.82 Å². The molecule has 2 N–H and O–H groups in total. The molecule has 0 aliphatic carbocycles. The van der Waals surface area contributed by atoms with E-state index in [4.69, 9.17) is 5.73 Å². The number of carbonyl (C=O) groups is 1. The van der Waals surface area contributed by atoms with Crippen molar-refractivity contribution < 1.29 is 9.18 Å². The van der Waals surface area contributed by atoms with Crippen molar-refractivity contribution in [3.63, 3.8) is 0 Å². The summed E-state index contributed by atoms with van der Waals surface area (Å²) >= 11 is 0. The van der Waals surface area contributed by atoms with Gasteiger partial charge in [-0.15, -0.1) is 0 Å². The van der Waals surface area contributed by atoms with Crippen LogP contribution in [0.3, 0.4) is 0 Å². The third-order valence-corrected chi connectivity index (χ3v) is 3.96. The molecule has 110 valence electrons. The van der Waals surface area contributed by atoms with Gasteiger partial charge < -0.3 is 10.6 Å². The van der Waals surface area contributed by atoms with Crippen molar-refractivity contribution in [1.82, 2.24) is 9.80 Å². The number of hydrogen-bond acceptors (Lipinski definition) is 3. The molecule has 1 atom stereocenters. The molecule has 2 rings (SSSR count). The number of halogens is 1. The highest BCUT2D eigenvalue weighted by atomic mass is 19.1. The second kappa shape index (κ2) is 6.81. The topological polar surface area (TPSA) is 49.6 Å². The highest BCUT2D eigenvalue weighted by molar-refractivity contribution is 5.78. The highest BCUT2D eigenvalue weighted by Gasteiger charge is 2.22. The van der Waals surface area contributed by atoms with Gasteiger partial charge >= 0.3 is 0 Å². The van der Waals surface area contributed by atoms with Gasteiger partial charge in [0, 0.05) is 32.2 Å². The number of benzene rings is 1. The summed E-state index contributed by atoms with van der Waals surface area (Å²) in [5.41, 5.74) is 6.52. The molecule has 1 heterocycles. The predicted octanol–water partition coefficient (Wildman–Crippen LogP) is 1.38. The van der Waals surface area contributed by atoms with Crippen molar-refractivity contribution in [2.24, 2.45) is 5.73 Å². The minimum Gasteiger partial charge on any atom is -0.340 e. The van der Waals surface area contributed by atoms with Crippen LogP contribution in [-0.2, 0) is 4.79 Å². The van der Waals surface area contributed by atoms with Crippen LogP contribution in [0.4, 0.5) is 4.39 Å². The minimum atomic E-state index is -0.212. The molecule has 5 heteroatoms. The summed E-state index contributed by atoms with van der Waals surface area (Å²) in [6.07, 6.45) is 0.942. The molecule has 1 unspecified atom stereocenters. The maximum absolute atomic E-state index is 13.0. The number of hydrogen-bond donors (Lipinski definition) is 1. The van der Waals surface area contributed by atoms with Crippen molar-refractivity contribution in [3.05, 3.63) is 35.6 Å². The molecule has 0 radical (unpaired) electrons. The first-order valence-electron chi connectivity index (χ1n) is 7.09. The normalized spacial score (nSPS) is 18.6. The average molecular weight is 279 g/mol. The first-order valence-corrected chi connectivity index (χ1v) is 7.09. The molecule has 4 nitrogen and oxygen atoms in total. The molecule has 0 spiro atoms. The molecule has 20 heavy (non-hydrogen) atoms. The van der Waals surface area contributed by atoms with Crippen LogP contribution in [0.5, 0.6) is 0 Å². The number of nitrogens with zero attached hydrogens (tertiary/aromatic N) is 2. The fourth-order valence-corrected chi connectivity index (χ4v) is 2.66. The van der Waals surface area contributed by atoms with Crippen molar-refractivity contribution in [2.45, 2.75) is 19.4 Å². The Kier molecular flexibility index (Phi) is 5.09. The molecule has 1 saturated heterocycles. The van der Waals surface area contributed by atoms with Gasteiger partial charge in [-0.25, -0.2) is 4.39 Å². The van der Waals surface area contributed by atoms with Crippen LogP contribution in [0.15, 0.2) is 24.3 Å². The Morgan fingerprint density at radius 3 is 2.60 bits per heavy atom. The number of carbonyl (C=O) groups excluding carboxylic acids is 1. The lowest BCUT2D eigenvalue weighted by molar-refractivity contribution is -0.129. The van der Waals surface area contributed by atoms with Gasteiger partial charge in [0.2, 0.25) is 5.91 Å². The van der Waals surface area contributed by atoms with Crippen molar-refractivity contribution in [3.8, 4) is 0 Å². The summed E-state index contributed by atoms with van der Waals surface area (Å²) < 4.78 is 13.0. The summed E-state index contributed by atoms with van der Waals surface area (Å²) in [5.74, 6) is -0.196. The maximum atomic E-state index is 13.0. The lowest BCUT2D eigenvalue weighted by Gasteiger charge is -2.28. The SMILES string of the molecule is CC(c1ccc(F)cc1)N1CCCN(C(=O)CN)CC1. The summed E-state index contributed by atoms with van der Waals surface area (Å²) in [7, 11) is 0. The fraction of sp³-hybridized carbons (Fsp3) is 0.533. The second-order valence-electron chi connectivity index (χ2n) is 5.20. The standard InChI is InChI=1S/C15H22FN3O/c1-12(13-3-5-14(16)6-4-13)18-7-2-8-19(10-9-18)15(20)11-17/h3-6,12H,2,7-11,17H2,1H3. The summed E-state index contributed by atoms with van der Waals surface area (Å²) in [5, 5.41) is 0. The van der Waals surface area contributed by atoms with Crippen LogP contribution in [0.25, 0.3) is 0 Å². The van der Waals surface area contributed by atoms with Gasteiger partial charge in [-0.2, -0.15) is 0 Å². The first kappa shape index (κ1) is 14.9. The van der Waals surface area contributed by atoms with Crippen LogP contribution in [0.1, 0.15) is 24.9 Å². The third-order valence-electron chi connectivity index (χ3n) is 3.96. The average Bonchev–Trinajstić information content (AvgIpc) is 2.72. The highest BCUT2D eigenvalue weighted by Crippen LogP contribution is 2.21. The Balaban J connectivity index is 1.99. The first-order chi connectivity index (χ1) is 9.61. The molecule has 0 aromatic heterocycles. The van der Waals surface area contributed by atoms with Crippen molar-refractivity contribution in [1.29, 1.82) is 0 Å². The van der Waals surface area contributed by atoms with E-state index in [-0.39, 0.29) is 24.3 Å². The summed E-state index contributed by atoms with van der Waals surface area (Å²) in [4.78, 5) is 15.8. The molecule has 0 bridgehead atoms. The molecule has 1 aromatic rings. The number of amides is 1. The lowest BCUT2D eigenvalue weighted by atomic mass is 10.1. The lowest BCUT2D eigenvalue weighted by Crippen LogP contribution is -2.39. The smallest absolute Gasteiger partial charge is 0.236 e. The Morgan fingerprint density at radius 2 is 1.95 bits per heavy atom. The van der Waals surface area contributed by atoms with E-state index in [0.29, 0.717) is 6.54 Å². The van der Waals surface area contributed by atoms with Crippen LogP contribution >= 0.6 is 0 Å². The summed E-state index contributed by atoms with van der Waals surface area (Å²) in [6, 6.07) is 6.87. The minimum absolute atomic E-state index is 0.0151. The molecule has 0 saturated carbocycles. The van der Waals surface area contributed by atoms with Gasteiger partial charge in [0.05, 0.1) is 6.54 Å². The number of rotatable bonds is 3. The molecular formula is C15H22FN3O. The third kappa shape index (κ3) is 3.55. The zero-order valence-corrected chi connectivity index (χ0v) is 11.9. The monoisotopic (exact) mass is 279 g/mol. The Morgan fingerprint density at radius 1 is 1.25 bits per heavy atom. The van der Waals surface area contributed by atoms with E-state index in [1.54, 1.807) is 0 Å². The van der Waals surface area contributed by atoms with E-state index >= 15 is 0 Å². The molecule has 1 aliphatic heterocycles. The molecule has 1 aliphatic rings. The fourth-order valence-electron chi connectivity index (χ4n) is 2.66. The van der Waals surface area contributed by atoms with E-state index in [2.05, 4.69) is 11.8 Å². The zero-order chi connectivity index (χ0) is 14.5. The van der Waals surface area contributed by atoms with E-state index in [1.165, 1.54) is 12.1 Å². The Hall–Kier alpha value is -1.46. The van der Waals surface area contributed by atoms with E-state index in [0.717, 1.165) is 31.6 Å². The van der Waals surface area contributed by atoms with Crippen molar-refractivity contribution in [2.75, 3.05) is 32.7 Å². The largest absolute Gasteiger partial charge is 0.340 e. The van der Waals surface area contributed by atoms with Gasteiger partial charge in [-0.3, -0.25) is 9.69 Å². The van der Waals surface area contributed by atoms with E-state index in [1.807, 2.05) is 17.0 Å². The van der Waals surface area contributed by atoms with E-state index in [9.17, 15) is 9.18 Å². The van der Waals surface area contributed by atoms with Gasteiger partial charge in [-0.05, 0) is 31.0 Å². The van der Waals surface area contributed by atoms with Gasteiger partial charge in [-0.1, -0.05) is 12.1 Å². The summed E-state index contributed by atoms with van der Waals surface area (Å²) in [6.45, 7) is 5.43. The van der Waals surface area contributed by atoms with Crippen molar-refractivity contribution >= 4 is 5.91 Å². The zero-order valence-electron chi connectivity index (χ0n) is 11.9. The van der Waals surface area contributed by atoms with E-state index < -0.39 is 0 Å². The Labute approximate surface area is 119 Å². The second-order valence-corrected chi connectivity index (χ2v) is 5.20. The quantitative estimate of drug-likeness (QED) is 0.909. The van der Waals surface area contributed by atoms with Gasteiger partial charge in [0.25, 0.3) is 0 Å². The van der Waals surface area contributed by atoms with Crippen LogP contribution in [0.2, 0.25) is 0 Å². The molecule has 1 amide bonds. The Bertz CT molecular complexity index is 449. The van der Waals surface area contributed by atoms with Gasteiger partial charge in [0.15, 0.2) is 0 Å². The maximum Gasteiger partial charge on any atom is 0.236 e. The van der Waals surface area contributed by atoms with Crippen LogP contribution in [0, 0.1) is 5.82 Å². The van der Waals surface area contributed by atoms with Crippen LogP contribution < -0.4 is 5.73 Å². The predicted molar refractivity (Wildman–Crippen MR) is 76.6 cm³/mol.